The first-order valence-electron chi connectivity index (χ1n) is 5.90. The molecule has 1 aromatic carbocycles. The van der Waals surface area contributed by atoms with Crippen LogP contribution in [0.15, 0.2) is 12.1 Å². The van der Waals surface area contributed by atoms with E-state index in [1.54, 1.807) is 7.11 Å². The number of benzene rings is 1. The summed E-state index contributed by atoms with van der Waals surface area (Å²) in [5.41, 5.74) is 3.69. The van der Waals surface area contributed by atoms with Crippen LogP contribution in [0, 0.1) is 6.92 Å². The van der Waals surface area contributed by atoms with Crippen molar-refractivity contribution in [3.63, 3.8) is 0 Å². The summed E-state index contributed by atoms with van der Waals surface area (Å²) in [6.45, 7) is 9.17. The Balaban J connectivity index is 3.19. The third kappa shape index (κ3) is 3.45. The summed E-state index contributed by atoms with van der Waals surface area (Å²) in [5.74, 6) is 6.05. The minimum Gasteiger partial charge on any atom is -0.496 e. The molecule has 0 aliphatic heterocycles. The van der Waals surface area contributed by atoms with Crippen LogP contribution in [0.4, 0.5) is 0 Å². The maximum Gasteiger partial charge on any atom is 0.125 e. The van der Waals surface area contributed by atoms with Gasteiger partial charge in [-0.05, 0) is 29.9 Å². The topological polar surface area (TPSA) is 44.5 Å². The van der Waals surface area contributed by atoms with Gasteiger partial charge in [0.05, 0.1) is 13.7 Å². The summed E-state index contributed by atoms with van der Waals surface area (Å²) in [5, 5.41) is 0. The SMILES string of the molecule is COc1c(C)cc(CCON)cc1C(C)(C)C. The molecule has 1 rings (SSSR count). The Kier molecular flexibility index (Phi) is 4.54. The fourth-order valence-electron chi connectivity index (χ4n) is 2.00. The fourth-order valence-corrected chi connectivity index (χ4v) is 2.00. The molecule has 0 fully saturated rings. The van der Waals surface area contributed by atoms with Crippen molar-refractivity contribution in [1.82, 2.24) is 0 Å². The molecule has 0 radical (unpaired) electrons. The van der Waals surface area contributed by atoms with Crippen molar-refractivity contribution in [1.29, 1.82) is 0 Å². The van der Waals surface area contributed by atoms with Crippen molar-refractivity contribution in [2.45, 2.75) is 39.5 Å². The number of methoxy groups -OCH3 is 1. The highest BCUT2D eigenvalue weighted by Gasteiger charge is 2.20. The van der Waals surface area contributed by atoms with E-state index in [1.807, 2.05) is 0 Å². The van der Waals surface area contributed by atoms with E-state index in [0.29, 0.717) is 6.61 Å². The second kappa shape index (κ2) is 5.52. The highest BCUT2D eigenvalue weighted by atomic mass is 16.6. The predicted octanol–water partition coefficient (Wildman–Crippen LogP) is 2.73. The summed E-state index contributed by atoms with van der Waals surface area (Å²) >= 11 is 0. The fraction of sp³-hybridized carbons (Fsp3) is 0.571. The molecule has 3 nitrogen and oxygen atoms in total. The van der Waals surface area contributed by atoms with Crippen LogP contribution < -0.4 is 10.6 Å². The third-order valence-electron chi connectivity index (χ3n) is 2.86. The average molecular weight is 237 g/mol. The standard InChI is InChI=1S/C14H23NO2/c1-10-8-11(6-7-17-15)9-12(13(10)16-5)14(2,3)4/h8-9H,6-7,15H2,1-5H3. The van der Waals surface area contributed by atoms with Gasteiger partial charge in [0.2, 0.25) is 0 Å². The molecule has 0 aliphatic rings. The van der Waals surface area contributed by atoms with E-state index in [2.05, 4.69) is 44.7 Å². The maximum absolute atomic E-state index is 5.51. The zero-order valence-corrected chi connectivity index (χ0v) is 11.5. The van der Waals surface area contributed by atoms with Crippen LogP contribution in [-0.2, 0) is 16.7 Å². The summed E-state index contributed by atoms with van der Waals surface area (Å²) in [6.07, 6.45) is 0.824. The Bertz CT molecular complexity index is 381. The van der Waals surface area contributed by atoms with Gasteiger partial charge in [-0.3, -0.25) is 0 Å². The molecule has 3 heteroatoms. The molecule has 0 amide bonds. The predicted molar refractivity (Wildman–Crippen MR) is 70.3 cm³/mol. The van der Waals surface area contributed by atoms with E-state index in [4.69, 9.17) is 10.6 Å². The summed E-state index contributed by atoms with van der Waals surface area (Å²) in [7, 11) is 1.72. The second-order valence-electron chi connectivity index (χ2n) is 5.36. The van der Waals surface area contributed by atoms with Gasteiger partial charge >= 0.3 is 0 Å². The van der Waals surface area contributed by atoms with Crippen molar-refractivity contribution in [2.24, 2.45) is 5.90 Å². The molecule has 0 spiro atoms. The Labute approximate surface area is 104 Å². The number of hydrogen-bond acceptors (Lipinski definition) is 3. The lowest BCUT2D eigenvalue weighted by atomic mass is 9.84. The molecule has 96 valence electrons. The smallest absolute Gasteiger partial charge is 0.125 e. The van der Waals surface area contributed by atoms with Gasteiger partial charge in [-0.1, -0.05) is 32.9 Å². The average Bonchev–Trinajstić information content (AvgIpc) is 2.24. The van der Waals surface area contributed by atoms with Crippen LogP contribution in [-0.4, -0.2) is 13.7 Å². The van der Waals surface area contributed by atoms with Crippen LogP contribution in [0.1, 0.15) is 37.5 Å². The molecule has 2 N–H and O–H groups in total. The molecule has 0 aliphatic carbocycles. The maximum atomic E-state index is 5.51. The molecule has 0 bridgehead atoms. The van der Waals surface area contributed by atoms with Gasteiger partial charge in [0.25, 0.3) is 0 Å². The summed E-state index contributed by atoms with van der Waals surface area (Å²) in [4.78, 5) is 4.64. The lowest BCUT2D eigenvalue weighted by Crippen LogP contribution is -2.15. The number of ether oxygens (including phenoxy) is 1. The minimum atomic E-state index is 0.0652. The highest BCUT2D eigenvalue weighted by molar-refractivity contribution is 5.47. The van der Waals surface area contributed by atoms with E-state index >= 15 is 0 Å². The number of rotatable bonds is 4. The highest BCUT2D eigenvalue weighted by Crippen LogP contribution is 2.34. The molecule has 17 heavy (non-hydrogen) atoms. The summed E-state index contributed by atoms with van der Waals surface area (Å²) in [6, 6.07) is 4.32. The molecular weight excluding hydrogens is 214 g/mol. The first kappa shape index (κ1) is 14.0. The molecule has 0 aromatic heterocycles. The minimum absolute atomic E-state index is 0.0652. The van der Waals surface area contributed by atoms with Gasteiger partial charge in [0.1, 0.15) is 5.75 Å². The Morgan fingerprint density at radius 3 is 2.35 bits per heavy atom. The van der Waals surface area contributed by atoms with Crippen LogP contribution in [0.5, 0.6) is 5.75 Å². The molecular formula is C14H23NO2. The van der Waals surface area contributed by atoms with Crippen molar-refractivity contribution < 1.29 is 9.57 Å². The van der Waals surface area contributed by atoms with Gasteiger partial charge in [0.15, 0.2) is 0 Å². The van der Waals surface area contributed by atoms with Crippen molar-refractivity contribution in [3.8, 4) is 5.75 Å². The lowest BCUT2D eigenvalue weighted by molar-refractivity contribution is 0.141. The molecule has 1 aromatic rings. The number of aryl methyl sites for hydroxylation is 1. The number of hydrogen-bond donors (Lipinski definition) is 1. The molecule has 0 unspecified atom stereocenters. The number of nitrogens with two attached hydrogens (primary N) is 1. The van der Waals surface area contributed by atoms with Crippen molar-refractivity contribution >= 4 is 0 Å². The lowest BCUT2D eigenvalue weighted by Gasteiger charge is -2.24. The van der Waals surface area contributed by atoms with E-state index in [0.717, 1.165) is 17.7 Å². The van der Waals surface area contributed by atoms with E-state index in [9.17, 15) is 0 Å². The van der Waals surface area contributed by atoms with Gasteiger partial charge in [-0.2, -0.15) is 0 Å². The largest absolute Gasteiger partial charge is 0.496 e. The second-order valence-corrected chi connectivity index (χ2v) is 5.36. The Morgan fingerprint density at radius 1 is 1.24 bits per heavy atom. The monoisotopic (exact) mass is 237 g/mol. The van der Waals surface area contributed by atoms with E-state index in [1.165, 1.54) is 11.1 Å². The van der Waals surface area contributed by atoms with Crippen LogP contribution in [0.25, 0.3) is 0 Å². The van der Waals surface area contributed by atoms with Gasteiger partial charge in [-0.15, -0.1) is 0 Å². The van der Waals surface area contributed by atoms with E-state index in [-0.39, 0.29) is 5.41 Å². The van der Waals surface area contributed by atoms with Crippen LogP contribution in [0.3, 0.4) is 0 Å². The van der Waals surface area contributed by atoms with Crippen molar-refractivity contribution in [2.75, 3.05) is 13.7 Å². The van der Waals surface area contributed by atoms with Gasteiger partial charge in [0, 0.05) is 5.56 Å². The molecule has 0 saturated carbocycles. The molecule has 0 atom stereocenters. The molecule has 0 heterocycles. The van der Waals surface area contributed by atoms with Gasteiger partial charge in [-0.25, -0.2) is 5.90 Å². The Morgan fingerprint density at radius 2 is 1.88 bits per heavy atom. The zero-order valence-electron chi connectivity index (χ0n) is 11.5. The van der Waals surface area contributed by atoms with Crippen LogP contribution in [0.2, 0.25) is 0 Å². The van der Waals surface area contributed by atoms with E-state index < -0.39 is 0 Å². The van der Waals surface area contributed by atoms with Crippen molar-refractivity contribution in [3.05, 3.63) is 28.8 Å². The van der Waals surface area contributed by atoms with Crippen LogP contribution >= 0.6 is 0 Å². The first-order valence-corrected chi connectivity index (χ1v) is 5.90. The van der Waals surface area contributed by atoms with Gasteiger partial charge < -0.3 is 9.57 Å². The Hall–Kier alpha value is -1.06. The quantitative estimate of drug-likeness (QED) is 0.819. The normalized spacial score (nSPS) is 11.6. The summed E-state index contributed by atoms with van der Waals surface area (Å²) < 4.78 is 5.51. The first-order chi connectivity index (χ1) is 7.90. The molecule has 0 saturated heterocycles. The third-order valence-corrected chi connectivity index (χ3v) is 2.86. The zero-order chi connectivity index (χ0) is 13.1.